The van der Waals surface area contributed by atoms with Crippen LogP contribution in [0.2, 0.25) is 10.0 Å². The molecule has 2 rings (SSSR count). The molecular formula is C19H19Cl2N3O4. The quantitative estimate of drug-likeness (QED) is 0.594. The normalized spacial score (nSPS) is 11.2. The van der Waals surface area contributed by atoms with E-state index in [2.05, 4.69) is 16.2 Å². The van der Waals surface area contributed by atoms with Crippen LogP contribution >= 0.6 is 23.2 Å². The lowest BCUT2D eigenvalue weighted by Gasteiger charge is -2.15. The number of amides is 3. The number of hydrogen-bond donors (Lipinski definition) is 3. The topological polar surface area (TPSA) is 96.5 Å². The minimum atomic E-state index is -0.807. The summed E-state index contributed by atoms with van der Waals surface area (Å²) in [6.07, 6.45) is -1.01. The monoisotopic (exact) mass is 423 g/mol. The molecule has 3 N–H and O–H groups in total. The highest BCUT2D eigenvalue weighted by molar-refractivity contribution is 6.36. The molecule has 1 unspecified atom stereocenters. The second-order valence-electron chi connectivity index (χ2n) is 5.78. The number of halogens is 2. The highest BCUT2D eigenvalue weighted by Crippen LogP contribution is 2.25. The lowest BCUT2D eigenvalue weighted by molar-refractivity contribution is -0.133. The van der Waals surface area contributed by atoms with Gasteiger partial charge in [0.15, 0.2) is 6.10 Å². The minimum absolute atomic E-state index is 0.0866. The van der Waals surface area contributed by atoms with Gasteiger partial charge in [-0.25, -0.2) is 0 Å². The fourth-order valence-corrected chi connectivity index (χ4v) is 2.54. The molecule has 0 radical (unpaired) electrons. The Morgan fingerprint density at radius 3 is 2.32 bits per heavy atom. The van der Waals surface area contributed by atoms with Crippen molar-refractivity contribution in [1.29, 1.82) is 0 Å². The molecule has 0 aliphatic rings. The predicted octanol–water partition coefficient (Wildman–Crippen LogP) is 3.33. The molecule has 0 heterocycles. The number of nitrogens with one attached hydrogen (secondary N) is 3. The third-order valence-electron chi connectivity index (χ3n) is 3.53. The molecule has 0 saturated heterocycles. The summed E-state index contributed by atoms with van der Waals surface area (Å²) in [5.41, 5.74) is 4.91. The fourth-order valence-electron chi connectivity index (χ4n) is 2.08. The molecule has 148 valence electrons. The van der Waals surface area contributed by atoms with Gasteiger partial charge in [0.1, 0.15) is 5.75 Å². The van der Waals surface area contributed by atoms with E-state index in [-0.39, 0.29) is 12.8 Å². The van der Waals surface area contributed by atoms with Crippen LogP contribution in [0.25, 0.3) is 0 Å². The number of hydrogen-bond acceptors (Lipinski definition) is 4. The molecular weight excluding hydrogens is 405 g/mol. The summed E-state index contributed by atoms with van der Waals surface area (Å²) in [6.45, 7) is 1.55. The van der Waals surface area contributed by atoms with Crippen molar-refractivity contribution in [2.24, 2.45) is 0 Å². The molecule has 0 aliphatic heterocycles. The van der Waals surface area contributed by atoms with E-state index in [1.54, 1.807) is 43.3 Å². The molecule has 28 heavy (non-hydrogen) atoms. The smallest absolute Gasteiger partial charge is 0.279 e. The third kappa shape index (κ3) is 7.09. The standard InChI is InChI=1S/C19H19Cl2N3O4/c1-12(28-14-5-3-2-4-6-14)19(27)24-23-18(26)10-9-17(25)22-16-8-7-13(20)11-15(16)21/h2-8,11-12H,9-10H2,1H3,(H,22,25)(H,23,26)(H,24,27). The van der Waals surface area contributed by atoms with E-state index in [9.17, 15) is 14.4 Å². The van der Waals surface area contributed by atoms with Crippen molar-refractivity contribution in [2.45, 2.75) is 25.9 Å². The highest BCUT2D eigenvalue weighted by atomic mass is 35.5. The van der Waals surface area contributed by atoms with Crippen LogP contribution in [0, 0.1) is 0 Å². The van der Waals surface area contributed by atoms with Crippen LogP contribution in [0.4, 0.5) is 5.69 Å². The molecule has 9 heteroatoms. The number of hydrazine groups is 1. The van der Waals surface area contributed by atoms with Crippen LogP contribution in [0.15, 0.2) is 48.5 Å². The number of ether oxygens (including phenoxy) is 1. The summed E-state index contributed by atoms with van der Waals surface area (Å²) in [5, 5.41) is 3.33. The Morgan fingerprint density at radius 2 is 1.64 bits per heavy atom. The molecule has 7 nitrogen and oxygen atoms in total. The van der Waals surface area contributed by atoms with E-state index in [4.69, 9.17) is 27.9 Å². The van der Waals surface area contributed by atoms with E-state index in [0.29, 0.717) is 21.5 Å². The molecule has 2 aromatic carbocycles. The van der Waals surface area contributed by atoms with E-state index >= 15 is 0 Å². The fraction of sp³-hybridized carbons (Fsp3) is 0.211. The maximum Gasteiger partial charge on any atom is 0.279 e. The first-order chi connectivity index (χ1) is 13.3. The molecule has 0 fully saturated rings. The number of para-hydroxylation sites is 1. The Morgan fingerprint density at radius 1 is 0.964 bits per heavy atom. The molecule has 0 spiro atoms. The van der Waals surface area contributed by atoms with Gasteiger partial charge in [0.05, 0.1) is 10.7 Å². The largest absolute Gasteiger partial charge is 0.481 e. The zero-order valence-corrected chi connectivity index (χ0v) is 16.5. The Hall–Kier alpha value is -2.77. The highest BCUT2D eigenvalue weighted by Gasteiger charge is 2.16. The van der Waals surface area contributed by atoms with Gasteiger partial charge in [-0.1, -0.05) is 41.4 Å². The van der Waals surface area contributed by atoms with Crippen molar-refractivity contribution < 1.29 is 19.1 Å². The molecule has 3 amide bonds. The first-order valence-corrected chi connectivity index (χ1v) is 9.16. The van der Waals surface area contributed by atoms with Gasteiger partial charge < -0.3 is 10.1 Å². The summed E-state index contributed by atoms with van der Waals surface area (Å²) in [5.74, 6) is -0.896. The summed E-state index contributed by atoms with van der Waals surface area (Å²) >= 11 is 11.8. The van der Waals surface area contributed by atoms with Crippen LogP contribution < -0.4 is 20.9 Å². The molecule has 0 aromatic heterocycles. The Balaban J connectivity index is 1.70. The predicted molar refractivity (Wildman–Crippen MR) is 107 cm³/mol. The molecule has 0 bridgehead atoms. The first-order valence-electron chi connectivity index (χ1n) is 8.40. The SMILES string of the molecule is CC(Oc1ccccc1)C(=O)NNC(=O)CCC(=O)Nc1ccc(Cl)cc1Cl. The average molecular weight is 424 g/mol. The van der Waals surface area contributed by atoms with Crippen molar-refractivity contribution in [3.8, 4) is 5.75 Å². The summed E-state index contributed by atoms with van der Waals surface area (Å²) in [6, 6.07) is 13.5. The van der Waals surface area contributed by atoms with E-state index in [1.807, 2.05) is 6.07 Å². The second-order valence-corrected chi connectivity index (χ2v) is 6.63. The number of rotatable bonds is 7. The second kappa shape index (κ2) is 10.5. The molecule has 0 aliphatic carbocycles. The van der Waals surface area contributed by atoms with Crippen molar-refractivity contribution >= 4 is 46.6 Å². The minimum Gasteiger partial charge on any atom is -0.481 e. The van der Waals surface area contributed by atoms with Crippen molar-refractivity contribution in [2.75, 3.05) is 5.32 Å². The lowest BCUT2D eigenvalue weighted by Crippen LogP contribution is -2.47. The Labute approximate surface area is 172 Å². The summed E-state index contributed by atoms with van der Waals surface area (Å²) in [4.78, 5) is 35.7. The van der Waals surface area contributed by atoms with Gasteiger partial charge >= 0.3 is 0 Å². The summed E-state index contributed by atoms with van der Waals surface area (Å²) < 4.78 is 5.44. The van der Waals surface area contributed by atoms with E-state index < -0.39 is 23.8 Å². The van der Waals surface area contributed by atoms with Crippen LogP contribution in [0.3, 0.4) is 0 Å². The van der Waals surface area contributed by atoms with Crippen LogP contribution in [-0.2, 0) is 14.4 Å². The van der Waals surface area contributed by atoms with Crippen LogP contribution in [-0.4, -0.2) is 23.8 Å². The van der Waals surface area contributed by atoms with Gasteiger partial charge in [-0.05, 0) is 37.3 Å². The van der Waals surface area contributed by atoms with Gasteiger partial charge in [0, 0.05) is 17.9 Å². The van der Waals surface area contributed by atoms with Crippen molar-refractivity contribution in [1.82, 2.24) is 10.9 Å². The van der Waals surface area contributed by atoms with Gasteiger partial charge in [-0.2, -0.15) is 0 Å². The lowest BCUT2D eigenvalue weighted by atomic mass is 10.2. The molecule has 0 saturated carbocycles. The zero-order valence-electron chi connectivity index (χ0n) is 15.0. The number of carbonyl (C=O) groups is 3. The first kappa shape index (κ1) is 21.5. The van der Waals surface area contributed by atoms with Crippen molar-refractivity contribution in [3.05, 3.63) is 58.6 Å². The van der Waals surface area contributed by atoms with Gasteiger partial charge in [-0.15, -0.1) is 0 Å². The van der Waals surface area contributed by atoms with Gasteiger partial charge in [0.2, 0.25) is 11.8 Å². The Bertz CT molecular complexity index is 846. The van der Waals surface area contributed by atoms with E-state index in [0.717, 1.165) is 0 Å². The maximum atomic E-state index is 11.9. The van der Waals surface area contributed by atoms with Crippen LogP contribution in [0.5, 0.6) is 5.75 Å². The molecule has 2 aromatic rings. The van der Waals surface area contributed by atoms with E-state index in [1.165, 1.54) is 6.07 Å². The number of anilines is 1. The van der Waals surface area contributed by atoms with Crippen LogP contribution in [0.1, 0.15) is 19.8 Å². The maximum absolute atomic E-state index is 11.9. The van der Waals surface area contributed by atoms with Gasteiger partial charge in [-0.3, -0.25) is 25.2 Å². The zero-order chi connectivity index (χ0) is 20.5. The van der Waals surface area contributed by atoms with Crippen molar-refractivity contribution in [3.63, 3.8) is 0 Å². The average Bonchev–Trinajstić information content (AvgIpc) is 2.67. The molecule has 1 atom stereocenters. The summed E-state index contributed by atoms with van der Waals surface area (Å²) in [7, 11) is 0. The van der Waals surface area contributed by atoms with Gasteiger partial charge in [0.25, 0.3) is 5.91 Å². The Kier molecular flexibility index (Phi) is 8.10. The number of carbonyl (C=O) groups excluding carboxylic acids is 3. The number of benzene rings is 2. The third-order valence-corrected chi connectivity index (χ3v) is 4.08.